The number of halogens is 1. The summed E-state index contributed by atoms with van der Waals surface area (Å²) in [7, 11) is 1.39. The fourth-order valence-corrected chi connectivity index (χ4v) is 3.81. The molecule has 4 nitrogen and oxygen atoms in total. The zero-order chi connectivity index (χ0) is 15.7. The molecular weight excluding hydrogens is 302 g/mol. The van der Waals surface area contributed by atoms with Crippen molar-refractivity contribution in [2.24, 2.45) is 0 Å². The van der Waals surface area contributed by atoms with Gasteiger partial charge in [-0.25, -0.2) is 0 Å². The monoisotopic (exact) mass is 321 g/mol. The zero-order valence-electron chi connectivity index (χ0n) is 12.7. The summed E-state index contributed by atoms with van der Waals surface area (Å²) >= 11 is 6.08. The zero-order valence-corrected chi connectivity index (χ0v) is 13.4. The maximum atomic E-state index is 12.8. The number of methoxy groups -OCH3 is 1. The largest absolute Gasteiger partial charge is 0.469 e. The van der Waals surface area contributed by atoms with Gasteiger partial charge in [-0.3, -0.25) is 9.59 Å². The standard InChI is InChI=1S/C17H20ClNO3/c1-22-16(20)8-11-10-19(13-4-2-3-5-13)17(21)14-7-6-12(18)9-15(11)14/h6-7,9,11,13H,2-5,8,10H2,1H3. The molecule has 5 heteroatoms. The normalized spacial score (nSPS) is 21.8. The Kier molecular flexibility index (Phi) is 4.39. The number of nitrogens with zero attached hydrogens (tertiary/aromatic N) is 1. The molecule has 1 fully saturated rings. The van der Waals surface area contributed by atoms with E-state index in [4.69, 9.17) is 16.3 Å². The Balaban J connectivity index is 1.95. The van der Waals surface area contributed by atoms with Gasteiger partial charge >= 0.3 is 5.97 Å². The molecule has 1 unspecified atom stereocenters. The van der Waals surface area contributed by atoms with Gasteiger partial charge in [0.25, 0.3) is 5.91 Å². The van der Waals surface area contributed by atoms with E-state index in [0.717, 1.165) is 18.4 Å². The maximum absolute atomic E-state index is 12.8. The van der Waals surface area contributed by atoms with Crippen LogP contribution in [-0.4, -0.2) is 36.5 Å². The van der Waals surface area contributed by atoms with Crippen LogP contribution in [0.3, 0.4) is 0 Å². The molecule has 1 amide bonds. The number of ether oxygens (including phenoxy) is 1. The summed E-state index contributed by atoms with van der Waals surface area (Å²) in [4.78, 5) is 26.5. The van der Waals surface area contributed by atoms with Gasteiger partial charge in [0, 0.05) is 29.1 Å². The number of hydrogen-bond donors (Lipinski definition) is 0. The Bertz CT molecular complexity index is 596. The third kappa shape index (κ3) is 2.84. The lowest BCUT2D eigenvalue weighted by Gasteiger charge is -2.37. The van der Waals surface area contributed by atoms with Gasteiger partial charge in [-0.05, 0) is 36.6 Å². The molecule has 0 spiro atoms. The molecule has 118 valence electrons. The number of fused-ring (bicyclic) bond motifs is 1. The average molecular weight is 322 g/mol. The van der Waals surface area contributed by atoms with Crippen molar-refractivity contribution in [3.8, 4) is 0 Å². The van der Waals surface area contributed by atoms with E-state index in [9.17, 15) is 9.59 Å². The lowest BCUT2D eigenvalue weighted by atomic mass is 9.86. The van der Waals surface area contributed by atoms with Crippen LogP contribution in [0.1, 0.15) is 53.9 Å². The summed E-state index contributed by atoms with van der Waals surface area (Å²) in [5.41, 5.74) is 1.55. The molecular formula is C17H20ClNO3. The van der Waals surface area contributed by atoms with E-state index < -0.39 is 0 Å². The third-order valence-corrected chi connectivity index (χ3v) is 5.00. The fraction of sp³-hybridized carbons (Fsp3) is 0.529. The van der Waals surface area contributed by atoms with Gasteiger partial charge in [-0.2, -0.15) is 0 Å². The van der Waals surface area contributed by atoms with Gasteiger partial charge < -0.3 is 9.64 Å². The van der Waals surface area contributed by atoms with E-state index in [1.165, 1.54) is 20.0 Å². The molecule has 1 saturated carbocycles. The van der Waals surface area contributed by atoms with Crippen molar-refractivity contribution in [3.63, 3.8) is 0 Å². The van der Waals surface area contributed by atoms with Crippen LogP contribution in [-0.2, 0) is 9.53 Å². The number of benzene rings is 1. The van der Waals surface area contributed by atoms with Gasteiger partial charge in [-0.1, -0.05) is 24.4 Å². The molecule has 0 bridgehead atoms. The van der Waals surface area contributed by atoms with Crippen molar-refractivity contribution in [2.45, 2.75) is 44.1 Å². The highest BCUT2D eigenvalue weighted by molar-refractivity contribution is 6.30. The van der Waals surface area contributed by atoms with Gasteiger partial charge in [0.1, 0.15) is 0 Å². The molecule has 1 aliphatic heterocycles. The second kappa shape index (κ2) is 6.29. The molecule has 3 rings (SSSR count). The quantitative estimate of drug-likeness (QED) is 0.802. The van der Waals surface area contributed by atoms with E-state index in [1.807, 2.05) is 11.0 Å². The predicted octanol–water partition coefficient (Wildman–Crippen LogP) is 3.39. The van der Waals surface area contributed by atoms with Crippen LogP contribution in [0.4, 0.5) is 0 Å². The van der Waals surface area contributed by atoms with Crippen LogP contribution in [0.5, 0.6) is 0 Å². The summed E-state index contributed by atoms with van der Waals surface area (Å²) in [5.74, 6) is -0.226. The SMILES string of the molecule is COC(=O)CC1CN(C2CCCC2)C(=O)c2ccc(Cl)cc21. The van der Waals surface area contributed by atoms with Gasteiger partial charge in [0.15, 0.2) is 0 Å². The summed E-state index contributed by atoms with van der Waals surface area (Å²) in [5, 5.41) is 0.593. The maximum Gasteiger partial charge on any atom is 0.306 e. The van der Waals surface area contributed by atoms with E-state index in [2.05, 4.69) is 0 Å². The Hall–Kier alpha value is -1.55. The molecule has 1 atom stereocenters. The van der Waals surface area contributed by atoms with Crippen molar-refractivity contribution < 1.29 is 14.3 Å². The Morgan fingerprint density at radius 3 is 2.77 bits per heavy atom. The molecule has 1 aromatic rings. The first-order chi connectivity index (χ1) is 10.6. The van der Waals surface area contributed by atoms with E-state index in [1.54, 1.807) is 12.1 Å². The van der Waals surface area contributed by atoms with Gasteiger partial charge in [0.2, 0.25) is 0 Å². The number of carbonyl (C=O) groups excluding carboxylic acids is 2. The predicted molar refractivity (Wildman–Crippen MR) is 84.1 cm³/mol. The summed E-state index contributed by atoms with van der Waals surface area (Å²) < 4.78 is 4.81. The van der Waals surface area contributed by atoms with Crippen LogP contribution in [0.2, 0.25) is 5.02 Å². The number of amides is 1. The molecule has 0 aromatic heterocycles. The average Bonchev–Trinajstić information content (AvgIpc) is 3.03. The Morgan fingerprint density at radius 1 is 1.36 bits per heavy atom. The van der Waals surface area contributed by atoms with E-state index >= 15 is 0 Å². The van der Waals surface area contributed by atoms with Gasteiger partial charge in [0.05, 0.1) is 13.5 Å². The third-order valence-electron chi connectivity index (χ3n) is 4.77. The van der Waals surface area contributed by atoms with E-state index in [0.29, 0.717) is 23.2 Å². The van der Waals surface area contributed by atoms with Crippen LogP contribution < -0.4 is 0 Å². The molecule has 22 heavy (non-hydrogen) atoms. The number of carbonyl (C=O) groups is 2. The number of rotatable bonds is 3. The highest BCUT2D eigenvalue weighted by Gasteiger charge is 2.37. The first-order valence-electron chi connectivity index (χ1n) is 7.77. The highest BCUT2D eigenvalue weighted by Crippen LogP contribution is 2.36. The second-order valence-electron chi connectivity index (χ2n) is 6.10. The first kappa shape index (κ1) is 15.3. The lowest BCUT2D eigenvalue weighted by molar-refractivity contribution is -0.141. The second-order valence-corrected chi connectivity index (χ2v) is 6.54. The Labute approximate surface area is 135 Å². The van der Waals surface area contributed by atoms with Crippen molar-refractivity contribution in [3.05, 3.63) is 34.3 Å². The van der Waals surface area contributed by atoms with Crippen molar-refractivity contribution >= 4 is 23.5 Å². The number of esters is 1. The van der Waals surface area contributed by atoms with Crippen molar-refractivity contribution in [1.82, 2.24) is 4.90 Å². The Morgan fingerprint density at radius 2 is 2.09 bits per heavy atom. The van der Waals surface area contributed by atoms with Crippen LogP contribution in [0.15, 0.2) is 18.2 Å². The van der Waals surface area contributed by atoms with Crippen LogP contribution >= 0.6 is 11.6 Å². The summed E-state index contributed by atoms with van der Waals surface area (Å²) in [6.45, 7) is 0.575. The topological polar surface area (TPSA) is 46.6 Å². The smallest absolute Gasteiger partial charge is 0.306 e. The van der Waals surface area contributed by atoms with Crippen molar-refractivity contribution in [2.75, 3.05) is 13.7 Å². The molecule has 1 heterocycles. The molecule has 1 aliphatic carbocycles. The molecule has 0 saturated heterocycles. The lowest BCUT2D eigenvalue weighted by Crippen LogP contribution is -2.45. The van der Waals surface area contributed by atoms with Crippen LogP contribution in [0, 0.1) is 0 Å². The summed E-state index contributed by atoms with van der Waals surface area (Å²) in [6.07, 6.45) is 4.73. The minimum atomic E-state index is -0.253. The minimum Gasteiger partial charge on any atom is -0.469 e. The van der Waals surface area contributed by atoms with E-state index in [-0.39, 0.29) is 24.2 Å². The molecule has 2 aliphatic rings. The molecule has 1 aromatic carbocycles. The van der Waals surface area contributed by atoms with Gasteiger partial charge in [-0.15, -0.1) is 0 Å². The van der Waals surface area contributed by atoms with Crippen molar-refractivity contribution in [1.29, 1.82) is 0 Å². The first-order valence-corrected chi connectivity index (χ1v) is 8.15. The molecule has 0 N–H and O–H groups in total. The van der Waals surface area contributed by atoms with Crippen LogP contribution in [0.25, 0.3) is 0 Å². The summed E-state index contributed by atoms with van der Waals surface area (Å²) in [6, 6.07) is 5.64. The minimum absolute atomic E-state index is 0.0422. The highest BCUT2D eigenvalue weighted by atomic mass is 35.5. The number of hydrogen-bond acceptors (Lipinski definition) is 3. The fourth-order valence-electron chi connectivity index (χ4n) is 3.63. The molecule has 0 radical (unpaired) electrons.